The summed E-state index contributed by atoms with van der Waals surface area (Å²) in [7, 11) is 0. The number of carbonyl (C=O) groups excluding carboxylic acids is 2. The molecule has 3 unspecified atom stereocenters. The summed E-state index contributed by atoms with van der Waals surface area (Å²) >= 11 is 0. The fourth-order valence-corrected chi connectivity index (χ4v) is 4.24. The number of carbonyl (C=O) groups is 2. The van der Waals surface area contributed by atoms with Gasteiger partial charge in [-0.15, -0.1) is 0 Å². The number of hydrogen-bond acceptors (Lipinski definition) is 5. The van der Waals surface area contributed by atoms with Crippen LogP contribution >= 0.6 is 0 Å². The van der Waals surface area contributed by atoms with Gasteiger partial charge in [-0.1, -0.05) is 44.2 Å². The van der Waals surface area contributed by atoms with Crippen molar-refractivity contribution in [3.8, 4) is 0 Å². The fourth-order valence-electron chi connectivity index (χ4n) is 4.24. The van der Waals surface area contributed by atoms with Crippen molar-refractivity contribution < 1.29 is 23.6 Å². The zero-order valence-corrected chi connectivity index (χ0v) is 18.4. The predicted octanol–water partition coefficient (Wildman–Crippen LogP) is 3.70. The number of amides is 2. The van der Waals surface area contributed by atoms with Crippen molar-refractivity contribution in [2.24, 2.45) is 11.8 Å². The molecule has 33 heavy (non-hydrogen) atoms. The highest BCUT2D eigenvalue weighted by Crippen LogP contribution is 2.37. The summed E-state index contributed by atoms with van der Waals surface area (Å²) in [4.78, 5) is 24.6. The maximum absolute atomic E-state index is 13.5. The van der Waals surface area contributed by atoms with E-state index in [4.69, 9.17) is 9.62 Å². The van der Waals surface area contributed by atoms with Gasteiger partial charge in [-0.05, 0) is 59.2 Å². The topological polar surface area (TPSA) is 104 Å². The van der Waals surface area contributed by atoms with Gasteiger partial charge in [-0.3, -0.25) is 14.8 Å². The van der Waals surface area contributed by atoms with Crippen LogP contribution in [-0.2, 0) is 11.3 Å². The lowest BCUT2D eigenvalue weighted by molar-refractivity contribution is -0.118. The van der Waals surface area contributed by atoms with E-state index in [-0.39, 0.29) is 30.1 Å². The Hall–Kier alpha value is -3.65. The van der Waals surface area contributed by atoms with Crippen LogP contribution in [0.3, 0.4) is 0 Å². The highest BCUT2D eigenvalue weighted by atomic mass is 19.1. The Morgan fingerprint density at radius 3 is 2.64 bits per heavy atom. The molecule has 2 aliphatic rings. The fraction of sp³-hybridized carbons (Fsp3) is 0.280. The van der Waals surface area contributed by atoms with E-state index < -0.39 is 5.91 Å². The van der Waals surface area contributed by atoms with Crippen LogP contribution < -0.4 is 16.1 Å². The molecule has 1 aromatic heterocycles. The Morgan fingerprint density at radius 2 is 1.91 bits per heavy atom. The number of furan rings is 1. The Kier molecular flexibility index (Phi) is 6.46. The smallest absolute Gasteiger partial charge is 0.310 e. The molecule has 1 aliphatic carbocycles. The molecule has 7 nitrogen and oxygen atoms in total. The third-order valence-electron chi connectivity index (χ3n) is 6.28. The summed E-state index contributed by atoms with van der Waals surface area (Å²) in [6.45, 7) is 4.40. The van der Waals surface area contributed by atoms with Crippen molar-refractivity contribution in [1.82, 2.24) is 16.1 Å². The molecule has 0 bridgehead atoms. The molecule has 2 heterocycles. The number of rotatable bonds is 6. The summed E-state index contributed by atoms with van der Waals surface area (Å²) in [6.07, 6.45) is 6.92. The quantitative estimate of drug-likeness (QED) is 0.396. The number of allylic oxidation sites excluding steroid dienone is 3. The predicted molar refractivity (Wildman–Crippen MR) is 120 cm³/mol. The molecule has 2 amide bonds. The number of halogens is 1. The van der Waals surface area contributed by atoms with Crippen LogP contribution in [-0.4, -0.2) is 23.1 Å². The Morgan fingerprint density at radius 1 is 1.15 bits per heavy atom. The van der Waals surface area contributed by atoms with Gasteiger partial charge in [0.05, 0.1) is 12.6 Å². The highest BCUT2D eigenvalue weighted by Gasteiger charge is 2.33. The number of hydrogen-bond donors (Lipinski definition) is 4. The van der Waals surface area contributed by atoms with Crippen molar-refractivity contribution in [3.63, 3.8) is 0 Å². The van der Waals surface area contributed by atoms with Gasteiger partial charge in [0, 0.05) is 0 Å². The van der Waals surface area contributed by atoms with Crippen molar-refractivity contribution in [2.45, 2.75) is 32.9 Å². The minimum atomic E-state index is -0.771. The van der Waals surface area contributed by atoms with Gasteiger partial charge >= 0.3 is 5.91 Å². The maximum Gasteiger partial charge on any atom is 0.310 e. The average Bonchev–Trinajstić information content (AvgIpc) is 3.47. The molecule has 2 aromatic rings. The molecule has 0 saturated heterocycles. The Bertz CT molecular complexity index is 1150. The van der Waals surface area contributed by atoms with E-state index in [0.29, 0.717) is 29.7 Å². The van der Waals surface area contributed by atoms with Gasteiger partial charge in [0.15, 0.2) is 5.76 Å². The lowest BCUT2D eigenvalue weighted by atomic mass is 9.80. The number of hydroxylamine groups is 1. The van der Waals surface area contributed by atoms with Crippen LogP contribution in [0, 0.1) is 17.7 Å². The molecule has 4 rings (SSSR count). The summed E-state index contributed by atoms with van der Waals surface area (Å²) in [5.74, 6) is -0.417. The molecule has 4 N–H and O–H groups in total. The summed E-state index contributed by atoms with van der Waals surface area (Å²) < 4.78 is 18.8. The van der Waals surface area contributed by atoms with E-state index in [9.17, 15) is 14.0 Å². The second-order valence-electron chi connectivity index (χ2n) is 8.35. The van der Waals surface area contributed by atoms with Crippen LogP contribution in [0.5, 0.6) is 0 Å². The van der Waals surface area contributed by atoms with Crippen LogP contribution in [0.2, 0.25) is 0 Å². The van der Waals surface area contributed by atoms with Crippen molar-refractivity contribution in [1.29, 1.82) is 0 Å². The normalized spacial score (nSPS) is 22.1. The summed E-state index contributed by atoms with van der Waals surface area (Å²) in [5.41, 5.74) is 4.75. The van der Waals surface area contributed by atoms with Crippen LogP contribution in [0.15, 0.2) is 70.3 Å². The number of benzene rings is 1. The molecular weight excluding hydrogens is 425 g/mol. The minimum absolute atomic E-state index is 0.0448. The standard InChI is InChI=1S/C25H26FN3O4/c1-14-4-3-5-19(15(14)2)21-12-20(16-6-8-17(26)9-7-16)23(28-21)25(31)27-13-18-10-11-22(33-18)24(30)29-32/h3-11,14-15,21,28,32H,12-13H2,1-2H3,(H,27,31)(H,29,30). The van der Waals surface area contributed by atoms with Gasteiger partial charge in [0.25, 0.3) is 5.91 Å². The van der Waals surface area contributed by atoms with E-state index in [1.54, 1.807) is 18.2 Å². The molecule has 3 atom stereocenters. The van der Waals surface area contributed by atoms with Crippen LogP contribution in [0.4, 0.5) is 4.39 Å². The third-order valence-corrected chi connectivity index (χ3v) is 6.28. The minimum Gasteiger partial charge on any atom is -0.454 e. The zero-order chi connectivity index (χ0) is 23.5. The van der Waals surface area contributed by atoms with E-state index in [1.165, 1.54) is 29.3 Å². The van der Waals surface area contributed by atoms with Gasteiger partial charge in [0.2, 0.25) is 0 Å². The molecule has 0 fully saturated rings. The first-order chi connectivity index (χ1) is 15.9. The molecule has 8 heteroatoms. The van der Waals surface area contributed by atoms with Gasteiger partial charge in [-0.2, -0.15) is 0 Å². The average molecular weight is 451 g/mol. The molecule has 172 valence electrons. The maximum atomic E-state index is 13.5. The van der Waals surface area contributed by atoms with Crippen LogP contribution in [0.25, 0.3) is 5.57 Å². The molecule has 0 radical (unpaired) electrons. The SMILES string of the molecule is CC1C=CC=C(C2CC(c3ccc(F)cc3)=C(C(=O)NCc3ccc(C(=O)NO)o3)N2)C1C. The first kappa shape index (κ1) is 22.5. The summed E-state index contributed by atoms with van der Waals surface area (Å²) in [6, 6.07) is 9.03. The first-order valence-electron chi connectivity index (χ1n) is 10.8. The van der Waals surface area contributed by atoms with Crippen molar-refractivity contribution in [2.75, 3.05) is 0 Å². The van der Waals surface area contributed by atoms with Crippen molar-refractivity contribution >= 4 is 17.4 Å². The van der Waals surface area contributed by atoms with Gasteiger partial charge < -0.3 is 15.1 Å². The van der Waals surface area contributed by atoms with Crippen molar-refractivity contribution in [3.05, 3.63) is 88.8 Å². The molecular formula is C25H26FN3O4. The second-order valence-corrected chi connectivity index (χ2v) is 8.35. The lowest BCUT2D eigenvalue weighted by Gasteiger charge is -2.28. The van der Waals surface area contributed by atoms with E-state index in [2.05, 4.69) is 36.6 Å². The van der Waals surface area contributed by atoms with E-state index >= 15 is 0 Å². The number of nitrogens with one attached hydrogen (secondary N) is 3. The Balaban J connectivity index is 1.55. The summed E-state index contributed by atoms with van der Waals surface area (Å²) in [5, 5.41) is 14.9. The third kappa shape index (κ3) is 4.75. The Labute approximate surface area is 191 Å². The molecule has 0 spiro atoms. The first-order valence-corrected chi connectivity index (χ1v) is 10.8. The van der Waals surface area contributed by atoms with Gasteiger partial charge in [-0.25, -0.2) is 9.87 Å². The second kappa shape index (κ2) is 9.46. The zero-order valence-electron chi connectivity index (χ0n) is 18.4. The lowest BCUT2D eigenvalue weighted by Crippen LogP contribution is -2.36. The largest absolute Gasteiger partial charge is 0.454 e. The van der Waals surface area contributed by atoms with Gasteiger partial charge in [0.1, 0.15) is 17.3 Å². The molecule has 0 saturated carbocycles. The highest BCUT2D eigenvalue weighted by molar-refractivity contribution is 6.02. The van der Waals surface area contributed by atoms with Crippen LogP contribution in [0.1, 0.15) is 42.1 Å². The monoisotopic (exact) mass is 451 g/mol. The molecule has 1 aliphatic heterocycles. The van der Waals surface area contributed by atoms with E-state index in [0.717, 1.165) is 11.1 Å². The van der Waals surface area contributed by atoms with E-state index in [1.807, 2.05) is 6.08 Å². The molecule has 1 aromatic carbocycles.